The van der Waals surface area contributed by atoms with Crippen molar-refractivity contribution in [2.45, 2.75) is 13.8 Å². The van der Waals surface area contributed by atoms with Crippen LogP contribution in [0, 0.1) is 13.8 Å². The van der Waals surface area contributed by atoms with E-state index in [2.05, 4.69) is 10.6 Å². The molecular weight excluding hydrogens is 292 g/mol. The number of aryl methyl sites for hydroxylation is 2. The normalized spacial score (nSPS) is 10.0. The molecule has 0 aliphatic rings. The van der Waals surface area contributed by atoms with Crippen molar-refractivity contribution in [3.05, 3.63) is 59.2 Å². The molecule has 0 aliphatic heterocycles. The number of carbonyl (C=O) groups excluding carboxylic acids is 2. The first-order valence-electron chi connectivity index (χ1n) is 7.29. The maximum Gasteiger partial charge on any atom is 0.251 e. The standard InChI is InChI=1S/C18H20N2O3/c1-12-4-5-13(2)16(10-12)20-17(21)11-19-18(22)14-6-8-15(23-3)9-7-14/h4-10H,11H2,1-3H3,(H,19,22)(H,20,21). The fourth-order valence-electron chi connectivity index (χ4n) is 2.07. The summed E-state index contributed by atoms with van der Waals surface area (Å²) in [6.07, 6.45) is 0. The molecule has 0 atom stereocenters. The van der Waals surface area contributed by atoms with Gasteiger partial charge in [-0.25, -0.2) is 0 Å². The molecule has 2 N–H and O–H groups in total. The van der Waals surface area contributed by atoms with Gasteiger partial charge in [0.15, 0.2) is 0 Å². The van der Waals surface area contributed by atoms with Crippen LogP contribution < -0.4 is 15.4 Å². The van der Waals surface area contributed by atoms with Crippen LogP contribution in [0.25, 0.3) is 0 Å². The predicted octanol–water partition coefficient (Wildman–Crippen LogP) is 2.68. The first kappa shape index (κ1) is 16.5. The van der Waals surface area contributed by atoms with Gasteiger partial charge in [-0.1, -0.05) is 12.1 Å². The van der Waals surface area contributed by atoms with Gasteiger partial charge in [0.1, 0.15) is 5.75 Å². The Kier molecular flexibility index (Phi) is 5.36. The number of carbonyl (C=O) groups is 2. The first-order chi connectivity index (χ1) is 11.0. The third kappa shape index (κ3) is 4.57. The third-order valence-electron chi connectivity index (χ3n) is 3.43. The van der Waals surface area contributed by atoms with Crippen LogP contribution in [-0.2, 0) is 4.79 Å². The summed E-state index contributed by atoms with van der Waals surface area (Å²) in [5.74, 6) is 0.110. The molecular formula is C18H20N2O3. The quantitative estimate of drug-likeness (QED) is 0.892. The number of nitrogens with one attached hydrogen (secondary N) is 2. The number of hydrogen-bond donors (Lipinski definition) is 2. The second-order valence-corrected chi connectivity index (χ2v) is 5.28. The zero-order valence-electron chi connectivity index (χ0n) is 13.5. The van der Waals surface area contributed by atoms with Gasteiger partial charge in [0, 0.05) is 11.3 Å². The minimum Gasteiger partial charge on any atom is -0.497 e. The van der Waals surface area contributed by atoms with Crippen molar-refractivity contribution in [3.63, 3.8) is 0 Å². The number of benzene rings is 2. The Labute approximate surface area is 135 Å². The molecule has 5 nitrogen and oxygen atoms in total. The molecule has 0 saturated heterocycles. The van der Waals surface area contributed by atoms with E-state index >= 15 is 0 Å². The van der Waals surface area contributed by atoms with Crippen molar-refractivity contribution in [2.24, 2.45) is 0 Å². The highest BCUT2D eigenvalue weighted by Gasteiger charge is 2.09. The summed E-state index contributed by atoms with van der Waals surface area (Å²) in [5.41, 5.74) is 3.28. The van der Waals surface area contributed by atoms with Crippen molar-refractivity contribution in [1.29, 1.82) is 0 Å². The fraction of sp³-hybridized carbons (Fsp3) is 0.222. The van der Waals surface area contributed by atoms with Crippen LogP contribution in [-0.4, -0.2) is 25.5 Å². The van der Waals surface area contributed by atoms with Gasteiger partial charge in [-0.05, 0) is 55.3 Å². The first-order valence-corrected chi connectivity index (χ1v) is 7.29. The molecule has 0 aliphatic carbocycles. The lowest BCUT2D eigenvalue weighted by Crippen LogP contribution is -2.33. The molecule has 2 aromatic carbocycles. The van der Waals surface area contributed by atoms with Crippen LogP contribution in [0.5, 0.6) is 5.75 Å². The zero-order valence-corrected chi connectivity index (χ0v) is 13.5. The Bertz CT molecular complexity index is 709. The second kappa shape index (κ2) is 7.45. The highest BCUT2D eigenvalue weighted by molar-refractivity contribution is 5.99. The van der Waals surface area contributed by atoms with Crippen LogP contribution in [0.4, 0.5) is 5.69 Å². The van der Waals surface area contributed by atoms with Gasteiger partial charge < -0.3 is 15.4 Å². The molecule has 23 heavy (non-hydrogen) atoms. The van der Waals surface area contributed by atoms with E-state index in [4.69, 9.17) is 4.74 Å². The molecule has 0 unspecified atom stereocenters. The average Bonchev–Trinajstić information content (AvgIpc) is 2.56. The molecule has 0 aromatic heterocycles. The molecule has 120 valence electrons. The number of anilines is 1. The molecule has 0 spiro atoms. The smallest absolute Gasteiger partial charge is 0.251 e. The molecule has 2 aromatic rings. The minimum atomic E-state index is -0.302. The summed E-state index contributed by atoms with van der Waals surface area (Å²) >= 11 is 0. The monoisotopic (exact) mass is 312 g/mol. The summed E-state index contributed by atoms with van der Waals surface area (Å²) in [6.45, 7) is 3.80. The fourth-order valence-corrected chi connectivity index (χ4v) is 2.07. The summed E-state index contributed by atoms with van der Waals surface area (Å²) in [5, 5.41) is 5.40. The van der Waals surface area contributed by atoms with Crippen LogP contribution in [0.2, 0.25) is 0 Å². The van der Waals surface area contributed by atoms with Crippen molar-refractivity contribution < 1.29 is 14.3 Å². The van der Waals surface area contributed by atoms with Gasteiger partial charge in [0.25, 0.3) is 5.91 Å². The van der Waals surface area contributed by atoms with Crippen LogP contribution in [0.3, 0.4) is 0 Å². The van der Waals surface area contributed by atoms with Gasteiger partial charge in [-0.2, -0.15) is 0 Å². The van der Waals surface area contributed by atoms with Crippen molar-refractivity contribution in [2.75, 3.05) is 19.0 Å². The third-order valence-corrected chi connectivity index (χ3v) is 3.43. The Morgan fingerprint density at radius 2 is 1.74 bits per heavy atom. The van der Waals surface area contributed by atoms with Crippen LogP contribution in [0.15, 0.2) is 42.5 Å². The van der Waals surface area contributed by atoms with Crippen molar-refractivity contribution >= 4 is 17.5 Å². The Morgan fingerprint density at radius 3 is 2.39 bits per heavy atom. The van der Waals surface area contributed by atoms with E-state index in [1.165, 1.54) is 0 Å². The number of methoxy groups -OCH3 is 1. The van der Waals surface area contributed by atoms with Crippen molar-refractivity contribution in [3.8, 4) is 5.75 Å². The van der Waals surface area contributed by atoms with Crippen LogP contribution >= 0.6 is 0 Å². The van der Waals surface area contributed by atoms with Gasteiger partial charge >= 0.3 is 0 Å². The van der Waals surface area contributed by atoms with E-state index in [9.17, 15) is 9.59 Å². The lowest BCUT2D eigenvalue weighted by atomic mass is 10.1. The second-order valence-electron chi connectivity index (χ2n) is 5.28. The number of ether oxygens (including phenoxy) is 1. The van der Waals surface area contributed by atoms with Crippen molar-refractivity contribution in [1.82, 2.24) is 5.32 Å². The highest BCUT2D eigenvalue weighted by atomic mass is 16.5. The van der Waals surface area contributed by atoms with E-state index in [0.29, 0.717) is 11.3 Å². The minimum absolute atomic E-state index is 0.0851. The Balaban J connectivity index is 1.90. The number of rotatable bonds is 5. The summed E-state index contributed by atoms with van der Waals surface area (Å²) in [4.78, 5) is 24.0. The highest BCUT2D eigenvalue weighted by Crippen LogP contribution is 2.16. The van der Waals surface area contributed by atoms with E-state index < -0.39 is 0 Å². The predicted molar refractivity (Wildman–Crippen MR) is 89.9 cm³/mol. The summed E-state index contributed by atoms with van der Waals surface area (Å²) in [7, 11) is 1.56. The molecule has 5 heteroatoms. The lowest BCUT2D eigenvalue weighted by molar-refractivity contribution is -0.115. The van der Waals surface area contributed by atoms with Crippen LogP contribution in [0.1, 0.15) is 21.5 Å². The largest absolute Gasteiger partial charge is 0.497 e. The molecule has 0 radical (unpaired) electrons. The van der Waals surface area contributed by atoms with Gasteiger partial charge in [0.2, 0.25) is 5.91 Å². The molecule has 2 amide bonds. The Hall–Kier alpha value is -2.82. The van der Waals surface area contributed by atoms with E-state index in [0.717, 1.165) is 16.8 Å². The van der Waals surface area contributed by atoms with Gasteiger partial charge in [-0.3, -0.25) is 9.59 Å². The van der Waals surface area contributed by atoms with Gasteiger partial charge in [0.05, 0.1) is 13.7 Å². The van der Waals surface area contributed by atoms with E-state index in [-0.39, 0.29) is 18.4 Å². The molecule has 0 fully saturated rings. The molecule has 2 rings (SSSR count). The maximum atomic E-state index is 12.0. The summed E-state index contributed by atoms with van der Waals surface area (Å²) in [6, 6.07) is 12.5. The number of hydrogen-bond acceptors (Lipinski definition) is 3. The topological polar surface area (TPSA) is 67.4 Å². The van der Waals surface area contributed by atoms with E-state index in [1.807, 2.05) is 32.0 Å². The molecule has 0 heterocycles. The molecule has 0 saturated carbocycles. The SMILES string of the molecule is COc1ccc(C(=O)NCC(=O)Nc2cc(C)ccc2C)cc1. The molecule has 0 bridgehead atoms. The van der Waals surface area contributed by atoms with E-state index in [1.54, 1.807) is 31.4 Å². The Morgan fingerprint density at radius 1 is 1.04 bits per heavy atom. The maximum absolute atomic E-state index is 12.0. The van der Waals surface area contributed by atoms with Gasteiger partial charge in [-0.15, -0.1) is 0 Å². The lowest BCUT2D eigenvalue weighted by Gasteiger charge is -2.10. The average molecular weight is 312 g/mol. The zero-order chi connectivity index (χ0) is 16.8. The number of amides is 2. The summed E-state index contributed by atoms with van der Waals surface area (Å²) < 4.78 is 5.04.